The molecule has 0 unspecified atom stereocenters. The third-order valence-corrected chi connectivity index (χ3v) is 5.88. The molecule has 0 aliphatic carbocycles. The zero-order valence-electron chi connectivity index (χ0n) is 18.7. The van der Waals surface area contributed by atoms with E-state index in [0.717, 1.165) is 11.3 Å². The van der Waals surface area contributed by atoms with Gasteiger partial charge in [-0.3, -0.25) is 9.48 Å². The third kappa shape index (κ3) is 4.68. The molecule has 12 nitrogen and oxygen atoms in total. The topological polar surface area (TPSA) is 146 Å². The maximum atomic E-state index is 13.3. The van der Waals surface area contributed by atoms with Crippen molar-refractivity contribution in [2.75, 3.05) is 31.0 Å². The number of fused-ring (bicyclic) bond motifs is 1. The molecule has 2 aromatic heterocycles. The number of hydrogen-bond donors (Lipinski definition) is 1. The predicted octanol–water partition coefficient (Wildman–Crippen LogP) is 0.816. The van der Waals surface area contributed by atoms with E-state index in [9.17, 15) is 22.8 Å². The highest BCUT2D eigenvalue weighted by atomic mass is 32.2. The average Bonchev–Trinajstić information content (AvgIpc) is 3.23. The van der Waals surface area contributed by atoms with Crippen molar-refractivity contribution in [3.05, 3.63) is 50.8 Å². The van der Waals surface area contributed by atoms with Crippen molar-refractivity contribution in [1.29, 1.82) is 0 Å². The molecule has 0 saturated carbocycles. The standard InChI is InChI=1S/C20H25N5O7S/c1-5-13-11-16-15(12-14(13)17-7-8-21-23(17)6-2)18(26)24(19(27)22-16)25(33(4,29)30)20(28)32-10-9-31-3/h7-8,11-12H,5-6,9-10H2,1-4H3,(H,22,27). The van der Waals surface area contributed by atoms with Gasteiger partial charge >= 0.3 is 11.8 Å². The minimum absolute atomic E-state index is 0.000579. The van der Waals surface area contributed by atoms with Crippen LogP contribution in [0, 0.1) is 0 Å². The number of nitrogens with zero attached hydrogens (tertiary/aromatic N) is 4. The van der Waals surface area contributed by atoms with Crippen LogP contribution >= 0.6 is 0 Å². The minimum Gasteiger partial charge on any atom is -0.445 e. The van der Waals surface area contributed by atoms with Crippen molar-refractivity contribution in [3.63, 3.8) is 0 Å². The predicted molar refractivity (Wildman–Crippen MR) is 121 cm³/mol. The number of hydrogen-bond acceptors (Lipinski definition) is 8. The maximum Gasteiger partial charge on any atom is 0.444 e. The Balaban J connectivity index is 2.28. The Kier molecular flexibility index (Phi) is 7.03. The fourth-order valence-electron chi connectivity index (χ4n) is 3.44. The van der Waals surface area contributed by atoms with Crippen LogP contribution < -0.4 is 15.7 Å². The third-order valence-electron chi connectivity index (χ3n) is 4.94. The number of benzene rings is 1. The normalized spacial score (nSPS) is 11.6. The van der Waals surface area contributed by atoms with Crippen molar-refractivity contribution in [3.8, 4) is 11.3 Å². The Hall–Kier alpha value is -3.45. The van der Waals surface area contributed by atoms with Gasteiger partial charge in [0.05, 0.1) is 29.5 Å². The molecule has 0 aliphatic rings. The first-order valence-electron chi connectivity index (χ1n) is 10.1. The molecular formula is C20H25N5O7S. The van der Waals surface area contributed by atoms with Crippen molar-refractivity contribution >= 4 is 27.0 Å². The average molecular weight is 480 g/mol. The highest BCUT2D eigenvalue weighted by Crippen LogP contribution is 2.27. The number of H-pyrrole nitrogens is 1. The van der Waals surface area contributed by atoms with E-state index >= 15 is 0 Å². The number of carbonyl (C=O) groups excluding carboxylic acids is 1. The SMILES string of the molecule is CCc1cc2[nH]c(=O)n(N(C(=O)OCCOC)S(C)(=O)=O)c(=O)c2cc1-c1ccnn1CC. The first-order chi connectivity index (χ1) is 15.6. The first-order valence-corrected chi connectivity index (χ1v) is 12.0. The van der Waals surface area contributed by atoms with Gasteiger partial charge in [-0.05, 0) is 37.1 Å². The Morgan fingerprint density at radius 2 is 1.94 bits per heavy atom. The zero-order chi connectivity index (χ0) is 24.3. The van der Waals surface area contributed by atoms with Crippen LogP contribution in [0.4, 0.5) is 4.79 Å². The number of amides is 1. The minimum atomic E-state index is -4.40. The lowest BCUT2D eigenvalue weighted by Gasteiger charge is -2.21. The fourth-order valence-corrected chi connectivity index (χ4v) is 4.21. The Morgan fingerprint density at radius 1 is 1.21 bits per heavy atom. The lowest BCUT2D eigenvalue weighted by molar-refractivity contribution is 0.102. The highest BCUT2D eigenvalue weighted by Gasteiger charge is 2.31. The van der Waals surface area contributed by atoms with Gasteiger partial charge in [0, 0.05) is 25.4 Å². The first kappa shape index (κ1) is 24.2. The fraction of sp³-hybridized carbons (Fsp3) is 0.400. The Bertz CT molecular complexity index is 1400. The molecule has 3 rings (SSSR count). The summed E-state index contributed by atoms with van der Waals surface area (Å²) >= 11 is 0. The molecule has 178 valence electrons. The summed E-state index contributed by atoms with van der Waals surface area (Å²) < 4.78 is 36.3. The molecular weight excluding hydrogens is 454 g/mol. The number of methoxy groups -OCH3 is 1. The van der Waals surface area contributed by atoms with Gasteiger partial charge in [-0.2, -0.15) is 5.10 Å². The molecule has 1 aromatic carbocycles. The van der Waals surface area contributed by atoms with Crippen molar-refractivity contribution in [2.24, 2.45) is 0 Å². The quantitative estimate of drug-likeness (QED) is 0.467. The van der Waals surface area contributed by atoms with Crippen LogP contribution in [-0.2, 0) is 32.5 Å². The van der Waals surface area contributed by atoms with Gasteiger partial charge in [0.2, 0.25) is 0 Å². The van der Waals surface area contributed by atoms with Gasteiger partial charge in [-0.1, -0.05) is 11.3 Å². The lowest BCUT2D eigenvalue weighted by atomic mass is 9.99. The van der Waals surface area contributed by atoms with Crippen molar-refractivity contribution < 1.29 is 22.7 Å². The number of aryl methyl sites for hydroxylation is 2. The van der Waals surface area contributed by atoms with Gasteiger partial charge < -0.3 is 14.5 Å². The summed E-state index contributed by atoms with van der Waals surface area (Å²) in [6.07, 6.45) is 1.52. The second-order valence-electron chi connectivity index (χ2n) is 7.10. The van der Waals surface area contributed by atoms with E-state index in [1.165, 1.54) is 7.11 Å². The maximum absolute atomic E-state index is 13.3. The van der Waals surface area contributed by atoms with E-state index in [4.69, 9.17) is 9.47 Å². The Morgan fingerprint density at radius 3 is 2.55 bits per heavy atom. The second kappa shape index (κ2) is 9.58. The lowest BCUT2D eigenvalue weighted by Crippen LogP contribution is -2.56. The molecule has 1 amide bonds. The second-order valence-corrected chi connectivity index (χ2v) is 8.91. The number of sulfonamides is 1. The van der Waals surface area contributed by atoms with E-state index in [2.05, 4.69) is 10.1 Å². The summed E-state index contributed by atoms with van der Waals surface area (Å²) in [5, 5.41) is 4.27. The van der Waals surface area contributed by atoms with Crippen LogP contribution in [0.5, 0.6) is 0 Å². The molecule has 2 heterocycles. The van der Waals surface area contributed by atoms with Crippen LogP contribution in [0.25, 0.3) is 22.2 Å². The number of aromatic nitrogens is 4. The summed E-state index contributed by atoms with van der Waals surface area (Å²) in [7, 11) is -3.03. The number of rotatable bonds is 8. The van der Waals surface area contributed by atoms with Gasteiger partial charge in [0.1, 0.15) is 6.61 Å². The monoisotopic (exact) mass is 479 g/mol. The summed E-state index contributed by atoms with van der Waals surface area (Å²) in [6, 6.07) is 5.01. The van der Waals surface area contributed by atoms with Gasteiger partial charge in [-0.15, -0.1) is 4.68 Å². The number of nitrogens with one attached hydrogen (secondary N) is 1. The molecule has 0 fully saturated rings. The smallest absolute Gasteiger partial charge is 0.444 e. The molecule has 0 aliphatic heterocycles. The van der Waals surface area contributed by atoms with Crippen molar-refractivity contribution in [2.45, 2.75) is 26.8 Å². The van der Waals surface area contributed by atoms with Crippen LogP contribution in [0.2, 0.25) is 0 Å². The summed E-state index contributed by atoms with van der Waals surface area (Å²) in [6.45, 7) is 4.17. The van der Waals surface area contributed by atoms with E-state index in [1.807, 2.05) is 13.8 Å². The van der Waals surface area contributed by atoms with Crippen LogP contribution in [0.1, 0.15) is 19.4 Å². The summed E-state index contributed by atoms with van der Waals surface area (Å²) in [5.41, 5.74) is 0.431. The summed E-state index contributed by atoms with van der Waals surface area (Å²) in [5.74, 6) is 0. The van der Waals surface area contributed by atoms with Crippen LogP contribution in [0.15, 0.2) is 34.0 Å². The van der Waals surface area contributed by atoms with Crippen LogP contribution in [-0.4, -0.2) is 60.5 Å². The molecule has 13 heteroatoms. The Labute approximate surface area is 189 Å². The largest absolute Gasteiger partial charge is 0.445 e. The van der Waals surface area contributed by atoms with Crippen molar-refractivity contribution in [1.82, 2.24) is 19.4 Å². The molecule has 33 heavy (non-hydrogen) atoms. The molecule has 0 saturated heterocycles. The van der Waals surface area contributed by atoms with E-state index in [0.29, 0.717) is 24.8 Å². The van der Waals surface area contributed by atoms with Gasteiger partial charge in [-0.25, -0.2) is 18.0 Å². The molecule has 3 aromatic rings. The van der Waals surface area contributed by atoms with E-state index in [1.54, 1.807) is 29.1 Å². The molecule has 0 spiro atoms. The molecule has 0 bridgehead atoms. The number of aromatic amines is 1. The van der Waals surface area contributed by atoms with E-state index < -0.39 is 27.4 Å². The number of carbonyl (C=O) groups is 1. The molecule has 1 N–H and O–H groups in total. The molecule has 0 atom stereocenters. The van der Waals surface area contributed by atoms with Gasteiger partial charge in [0.15, 0.2) is 0 Å². The zero-order valence-corrected chi connectivity index (χ0v) is 19.5. The number of ether oxygens (including phenoxy) is 2. The van der Waals surface area contributed by atoms with E-state index in [-0.39, 0.29) is 33.2 Å². The molecule has 0 radical (unpaired) electrons. The van der Waals surface area contributed by atoms with Crippen LogP contribution in [0.3, 0.4) is 0 Å². The highest BCUT2D eigenvalue weighted by molar-refractivity contribution is 7.92. The van der Waals surface area contributed by atoms with Gasteiger partial charge in [0.25, 0.3) is 15.6 Å². The summed E-state index contributed by atoms with van der Waals surface area (Å²) in [4.78, 5) is 41.1.